The van der Waals surface area contributed by atoms with Crippen molar-refractivity contribution in [2.24, 2.45) is 0 Å². The number of aliphatic hydroxyl groups is 4. The number of anilines is 1. The van der Waals surface area contributed by atoms with Crippen LogP contribution in [-0.2, 0) is 4.79 Å². The van der Waals surface area contributed by atoms with E-state index < -0.39 is 30.7 Å². The average molecular weight is 323 g/mol. The van der Waals surface area contributed by atoms with Gasteiger partial charge in [0, 0.05) is 11.7 Å². The number of ketones is 1. The normalized spacial score (nSPS) is 19.3. The molecule has 1 aromatic rings. The summed E-state index contributed by atoms with van der Waals surface area (Å²) in [7, 11) is 0. The van der Waals surface area contributed by atoms with Gasteiger partial charge in [-0.05, 0) is 25.0 Å². The summed E-state index contributed by atoms with van der Waals surface area (Å²) in [5, 5.41) is 37.8. The average Bonchev–Trinajstić information content (AvgIpc) is 3.12. The Morgan fingerprint density at radius 2 is 1.74 bits per heavy atom. The van der Waals surface area contributed by atoms with Crippen molar-refractivity contribution >= 4 is 11.5 Å². The van der Waals surface area contributed by atoms with E-state index in [0.717, 1.165) is 31.4 Å². The first-order valence-corrected chi connectivity index (χ1v) is 8.04. The van der Waals surface area contributed by atoms with E-state index in [-0.39, 0.29) is 12.6 Å². The van der Waals surface area contributed by atoms with Crippen LogP contribution in [0.25, 0.3) is 0 Å². The van der Waals surface area contributed by atoms with Crippen molar-refractivity contribution in [3.63, 3.8) is 0 Å². The van der Waals surface area contributed by atoms with Crippen LogP contribution in [0, 0.1) is 0 Å². The second-order valence-electron chi connectivity index (χ2n) is 6.05. The molecule has 1 fully saturated rings. The van der Waals surface area contributed by atoms with Crippen LogP contribution < -0.4 is 4.90 Å². The fourth-order valence-corrected chi connectivity index (χ4v) is 3.04. The van der Waals surface area contributed by atoms with Crippen molar-refractivity contribution < 1.29 is 25.2 Å². The van der Waals surface area contributed by atoms with E-state index in [1.165, 1.54) is 0 Å². The summed E-state index contributed by atoms with van der Waals surface area (Å²) in [5.74, 6) is -0.569. The van der Waals surface area contributed by atoms with Gasteiger partial charge in [0.15, 0.2) is 5.78 Å². The molecule has 0 saturated heterocycles. The van der Waals surface area contributed by atoms with E-state index in [0.29, 0.717) is 0 Å². The Balaban J connectivity index is 2.09. The maximum Gasteiger partial charge on any atom is 0.183 e. The fraction of sp³-hybridized carbons (Fsp3) is 0.588. The summed E-state index contributed by atoms with van der Waals surface area (Å²) < 4.78 is 0. The summed E-state index contributed by atoms with van der Waals surface area (Å²) in [6.45, 7) is -0.748. The molecule has 0 bridgehead atoms. The minimum atomic E-state index is -1.72. The van der Waals surface area contributed by atoms with Crippen molar-refractivity contribution in [3.8, 4) is 0 Å². The molecule has 1 aliphatic carbocycles. The molecule has 3 atom stereocenters. The maximum atomic E-state index is 12.3. The van der Waals surface area contributed by atoms with Gasteiger partial charge in [0.1, 0.15) is 18.3 Å². The number of hydrogen-bond donors (Lipinski definition) is 4. The Bertz CT molecular complexity index is 489. The van der Waals surface area contributed by atoms with Gasteiger partial charge in [-0.2, -0.15) is 0 Å². The SMILES string of the molecule is O=C(CN(c1ccccc1)C1CCCC1)[C@@H](O)[C@H](O)[C@H](O)CO. The molecular weight excluding hydrogens is 298 g/mol. The van der Waals surface area contributed by atoms with Crippen molar-refractivity contribution in [1.29, 1.82) is 0 Å². The van der Waals surface area contributed by atoms with E-state index >= 15 is 0 Å². The lowest BCUT2D eigenvalue weighted by atomic mass is 10.0. The maximum absolute atomic E-state index is 12.3. The van der Waals surface area contributed by atoms with Crippen LogP contribution >= 0.6 is 0 Å². The molecule has 6 nitrogen and oxygen atoms in total. The highest BCUT2D eigenvalue weighted by Crippen LogP contribution is 2.28. The Morgan fingerprint density at radius 3 is 2.30 bits per heavy atom. The smallest absolute Gasteiger partial charge is 0.183 e. The van der Waals surface area contributed by atoms with Crippen LogP contribution in [-0.4, -0.2) is 63.7 Å². The van der Waals surface area contributed by atoms with Crippen molar-refractivity contribution in [2.45, 2.75) is 50.0 Å². The Kier molecular flexibility index (Phi) is 6.53. The first-order valence-electron chi connectivity index (χ1n) is 8.04. The van der Waals surface area contributed by atoms with E-state index in [1.54, 1.807) is 0 Å². The molecule has 6 heteroatoms. The van der Waals surface area contributed by atoms with Gasteiger partial charge in [0.25, 0.3) is 0 Å². The Morgan fingerprint density at radius 1 is 1.13 bits per heavy atom. The standard InChI is InChI=1S/C17H25NO5/c19-11-15(21)17(23)16(22)14(20)10-18(13-8-4-5-9-13)12-6-2-1-3-7-12/h1-3,6-7,13,15-17,19,21-23H,4-5,8-11H2/t15-,16-,17-/m1/s1. The highest BCUT2D eigenvalue weighted by Gasteiger charge is 2.32. The first kappa shape index (κ1) is 17.9. The lowest BCUT2D eigenvalue weighted by Crippen LogP contribution is -2.48. The third-order valence-corrected chi connectivity index (χ3v) is 4.41. The lowest BCUT2D eigenvalue weighted by molar-refractivity contribution is -0.138. The van der Waals surface area contributed by atoms with Crippen molar-refractivity contribution in [2.75, 3.05) is 18.1 Å². The predicted octanol–water partition coefficient (Wildman–Crippen LogP) is 0.0797. The summed E-state index contributed by atoms with van der Waals surface area (Å²) in [4.78, 5) is 14.3. The Labute approximate surface area is 136 Å². The Hall–Kier alpha value is -1.47. The molecular formula is C17H25NO5. The van der Waals surface area contributed by atoms with Crippen molar-refractivity contribution in [1.82, 2.24) is 0 Å². The predicted molar refractivity (Wildman–Crippen MR) is 86.2 cm³/mol. The van der Waals surface area contributed by atoms with Crippen LogP contribution in [0.2, 0.25) is 0 Å². The molecule has 1 saturated carbocycles. The van der Waals surface area contributed by atoms with E-state index in [2.05, 4.69) is 0 Å². The number of benzene rings is 1. The zero-order valence-corrected chi connectivity index (χ0v) is 13.1. The molecule has 1 aliphatic rings. The van der Waals surface area contributed by atoms with Gasteiger partial charge in [0.05, 0.1) is 13.2 Å². The largest absolute Gasteiger partial charge is 0.394 e. The minimum absolute atomic E-state index is 0.0367. The summed E-state index contributed by atoms with van der Waals surface area (Å²) >= 11 is 0. The number of carbonyl (C=O) groups excluding carboxylic acids is 1. The molecule has 2 rings (SSSR count). The van der Waals surface area contributed by atoms with E-state index in [1.807, 2.05) is 35.2 Å². The van der Waals surface area contributed by atoms with Gasteiger partial charge >= 0.3 is 0 Å². The monoisotopic (exact) mass is 323 g/mol. The molecule has 0 unspecified atom stereocenters. The van der Waals surface area contributed by atoms with Crippen molar-refractivity contribution in [3.05, 3.63) is 30.3 Å². The van der Waals surface area contributed by atoms with Gasteiger partial charge < -0.3 is 25.3 Å². The van der Waals surface area contributed by atoms with E-state index in [4.69, 9.17) is 5.11 Å². The molecule has 0 spiro atoms. The van der Waals surface area contributed by atoms with Crippen LogP contribution in [0.5, 0.6) is 0 Å². The third-order valence-electron chi connectivity index (χ3n) is 4.41. The van der Waals surface area contributed by atoms with Gasteiger partial charge in [-0.15, -0.1) is 0 Å². The number of hydrogen-bond acceptors (Lipinski definition) is 6. The van der Waals surface area contributed by atoms with Gasteiger partial charge in [-0.25, -0.2) is 0 Å². The zero-order chi connectivity index (χ0) is 16.8. The van der Waals surface area contributed by atoms with Gasteiger partial charge in [0.2, 0.25) is 0 Å². The number of rotatable bonds is 8. The fourth-order valence-electron chi connectivity index (χ4n) is 3.04. The third kappa shape index (κ3) is 4.51. The summed E-state index contributed by atoms with van der Waals surface area (Å²) in [6, 6.07) is 9.74. The molecule has 0 aliphatic heterocycles. The lowest BCUT2D eigenvalue weighted by Gasteiger charge is -2.32. The summed E-state index contributed by atoms with van der Waals surface area (Å²) in [5.41, 5.74) is 0.900. The number of carbonyl (C=O) groups is 1. The van der Waals surface area contributed by atoms with Crippen LogP contribution in [0.1, 0.15) is 25.7 Å². The van der Waals surface area contributed by atoms with Gasteiger partial charge in [-0.1, -0.05) is 31.0 Å². The molecule has 0 heterocycles. The number of Topliss-reactive ketones (excluding diaryl/α,β-unsaturated/α-hetero) is 1. The molecule has 1 aromatic carbocycles. The number of aliphatic hydroxyl groups excluding tert-OH is 4. The quantitative estimate of drug-likeness (QED) is 0.540. The van der Waals surface area contributed by atoms with E-state index in [9.17, 15) is 20.1 Å². The molecule has 0 amide bonds. The van der Waals surface area contributed by atoms with Crippen LogP contribution in [0.15, 0.2) is 30.3 Å². The second kappa shape index (κ2) is 8.40. The summed E-state index contributed by atoms with van der Waals surface area (Å²) in [6.07, 6.45) is -0.753. The molecule has 128 valence electrons. The minimum Gasteiger partial charge on any atom is -0.394 e. The highest BCUT2D eigenvalue weighted by atomic mass is 16.4. The molecule has 4 N–H and O–H groups in total. The topological polar surface area (TPSA) is 101 Å². The number of nitrogens with zero attached hydrogens (tertiary/aromatic N) is 1. The second-order valence-corrected chi connectivity index (χ2v) is 6.05. The van der Waals surface area contributed by atoms with Gasteiger partial charge in [-0.3, -0.25) is 4.79 Å². The van der Waals surface area contributed by atoms with Crippen LogP contribution in [0.3, 0.4) is 0 Å². The molecule has 23 heavy (non-hydrogen) atoms. The number of para-hydroxylation sites is 1. The highest BCUT2D eigenvalue weighted by molar-refractivity contribution is 5.88. The van der Waals surface area contributed by atoms with Crippen LogP contribution in [0.4, 0.5) is 5.69 Å². The zero-order valence-electron chi connectivity index (χ0n) is 13.1. The molecule has 0 radical (unpaired) electrons. The first-order chi connectivity index (χ1) is 11.0. The molecule has 0 aromatic heterocycles.